The number of carbonyl (C=O) groups excluding carboxylic acids is 1. The Hall–Kier alpha value is -1.81. The highest BCUT2D eigenvalue weighted by Gasteiger charge is 2.35. The SMILES string of the molecule is CC1CCCC(C)C1NC(=O)NS(=O)(=O)N(c1cnn(C(C)C)c1)C1CCOCC1. The standard InChI is InChI=1S/C20H35N5O4S/c1-14(2)24-13-18(12-21-24)25(17-8-10-29-11-9-17)30(27,28)23-20(26)22-19-15(3)6-5-7-16(19)4/h12-17,19H,5-11H2,1-4H3,(H2,22,23,26). The topological polar surface area (TPSA) is 106 Å². The molecule has 1 saturated heterocycles. The molecule has 10 heteroatoms. The van der Waals surface area contributed by atoms with Crippen LogP contribution in [0.25, 0.3) is 0 Å². The lowest BCUT2D eigenvalue weighted by atomic mass is 9.79. The van der Waals surface area contributed by atoms with Gasteiger partial charge in [-0.2, -0.15) is 13.5 Å². The molecule has 1 aromatic rings. The zero-order valence-corrected chi connectivity index (χ0v) is 19.2. The summed E-state index contributed by atoms with van der Waals surface area (Å²) in [6.45, 7) is 9.12. The van der Waals surface area contributed by atoms with Crippen LogP contribution in [0, 0.1) is 11.8 Å². The lowest BCUT2D eigenvalue weighted by molar-refractivity contribution is 0.0875. The average Bonchev–Trinajstić information content (AvgIpc) is 3.15. The molecule has 0 aromatic carbocycles. The van der Waals surface area contributed by atoms with Gasteiger partial charge in [0, 0.05) is 31.5 Å². The van der Waals surface area contributed by atoms with Gasteiger partial charge in [-0.3, -0.25) is 4.68 Å². The van der Waals surface area contributed by atoms with E-state index >= 15 is 0 Å². The fourth-order valence-electron chi connectivity index (χ4n) is 4.50. The van der Waals surface area contributed by atoms with E-state index in [1.165, 1.54) is 10.5 Å². The van der Waals surface area contributed by atoms with Crippen molar-refractivity contribution in [2.75, 3.05) is 17.5 Å². The number of urea groups is 1. The molecule has 1 aliphatic heterocycles. The number of amides is 2. The van der Waals surface area contributed by atoms with Crippen LogP contribution in [0.15, 0.2) is 12.4 Å². The minimum atomic E-state index is -4.11. The zero-order valence-electron chi connectivity index (χ0n) is 18.4. The second-order valence-electron chi connectivity index (χ2n) is 8.90. The predicted octanol–water partition coefficient (Wildman–Crippen LogP) is 2.82. The first kappa shape index (κ1) is 22.9. The summed E-state index contributed by atoms with van der Waals surface area (Å²) in [6, 6.07) is -0.895. The van der Waals surface area contributed by atoms with E-state index in [2.05, 4.69) is 29.0 Å². The molecule has 2 fully saturated rings. The van der Waals surface area contributed by atoms with E-state index in [1.54, 1.807) is 10.9 Å². The van der Waals surface area contributed by atoms with E-state index in [0.29, 0.717) is 43.6 Å². The summed E-state index contributed by atoms with van der Waals surface area (Å²) in [6.07, 6.45) is 7.58. The maximum atomic E-state index is 13.3. The molecular weight excluding hydrogens is 406 g/mol. The van der Waals surface area contributed by atoms with Crippen LogP contribution in [0.2, 0.25) is 0 Å². The third-order valence-corrected chi connectivity index (χ3v) is 7.69. The molecule has 9 nitrogen and oxygen atoms in total. The lowest BCUT2D eigenvalue weighted by Crippen LogP contribution is -2.55. The molecule has 1 saturated carbocycles. The predicted molar refractivity (Wildman–Crippen MR) is 115 cm³/mol. The van der Waals surface area contributed by atoms with Crippen molar-refractivity contribution in [2.24, 2.45) is 11.8 Å². The van der Waals surface area contributed by atoms with Crippen molar-refractivity contribution >= 4 is 21.9 Å². The number of ether oxygens (including phenoxy) is 1. The Balaban J connectivity index is 1.79. The maximum Gasteiger partial charge on any atom is 0.330 e. The van der Waals surface area contributed by atoms with Crippen molar-refractivity contribution < 1.29 is 17.9 Å². The molecule has 0 radical (unpaired) electrons. The average molecular weight is 442 g/mol. The van der Waals surface area contributed by atoms with Crippen LogP contribution in [0.1, 0.15) is 65.8 Å². The Morgan fingerprint density at radius 1 is 1.20 bits per heavy atom. The minimum Gasteiger partial charge on any atom is -0.381 e. The summed E-state index contributed by atoms with van der Waals surface area (Å²) in [5.74, 6) is 0.635. The van der Waals surface area contributed by atoms with E-state index < -0.39 is 16.2 Å². The van der Waals surface area contributed by atoms with Crippen LogP contribution in [0.4, 0.5) is 10.5 Å². The van der Waals surface area contributed by atoms with Crippen LogP contribution in [-0.2, 0) is 14.9 Å². The molecule has 0 bridgehead atoms. The fourth-order valence-corrected chi connectivity index (χ4v) is 5.87. The summed E-state index contributed by atoms with van der Waals surface area (Å²) in [7, 11) is -4.11. The van der Waals surface area contributed by atoms with Gasteiger partial charge >= 0.3 is 16.2 Å². The molecule has 0 spiro atoms. The largest absolute Gasteiger partial charge is 0.381 e. The summed E-state index contributed by atoms with van der Waals surface area (Å²) in [4.78, 5) is 12.7. The summed E-state index contributed by atoms with van der Waals surface area (Å²) in [5, 5.41) is 7.19. The van der Waals surface area contributed by atoms with Gasteiger partial charge in [-0.15, -0.1) is 0 Å². The van der Waals surface area contributed by atoms with Gasteiger partial charge in [-0.25, -0.2) is 13.8 Å². The van der Waals surface area contributed by atoms with Crippen molar-refractivity contribution in [3.8, 4) is 0 Å². The molecule has 2 atom stereocenters. The molecule has 30 heavy (non-hydrogen) atoms. The molecule has 2 amide bonds. The summed E-state index contributed by atoms with van der Waals surface area (Å²) in [5.41, 5.74) is 0.454. The fraction of sp³-hybridized carbons (Fsp3) is 0.800. The molecule has 170 valence electrons. The first-order valence-electron chi connectivity index (χ1n) is 10.9. The lowest BCUT2D eigenvalue weighted by Gasteiger charge is -2.36. The molecule has 2 heterocycles. The summed E-state index contributed by atoms with van der Waals surface area (Å²) < 4.78 is 37.3. The van der Waals surface area contributed by atoms with E-state index in [1.807, 2.05) is 13.8 Å². The highest BCUT2D eigenvalue weighted by atomic mass is 32.2. The second kappa shape index (κ2) is 9.55. The minimum absolute atomic E-state index is 0.0332. The van der Waals surface area contributed by atoms with Gasteiger partial charge in [0.2, 0.25) is 0 Å². The van der Waals surface area contributed by atoms with Crippen LogP contribution in [0.5, 0.6) is 0 Å². The Bertz CT molecular complexity index is 809. The van der Waals surface area contributed by atoms with Crippen molar-refractivity contribution in [3.63, 3.8) is 0 Å². The summed E-state index contributed by atoms with van der Waals surface area (Å²) >= 11 is 0. The van der Waals surface area contributed by atoms with Gasteiger partial charge < -0.3 is 10.1 Å². The highest BCUT2D eigenvalue weighted by molar-refractivity contribution is 7.91. The van der Waals surface area contributed by atoms with Gasteiger partial charge in [-0.05, 0) is 51.4 Å². The van der Waals surface area contributed by atoms with Crippen molar-refractivity contribution in [1.29, 1.82) is 0 Å². The van der Waals surface area contributed by atoms with Crippen LogP contribution in [0.3, 0.4) is 0 Å². The first-order valence-corrected chi connectivity index (χ1v) is 12.4. The third kappa shape index (κ3) is 5.26. The van der Waals surface area contributed by atoms with E-state index in [0.717, 1.165) is 19.3 Å². The second-order valence-corrected chi connectivity index (χ2v) is 10.5. The first-order chi connectivity index (χ1) is 14.2. The number of anilines is 1. The smallest absolute Gasteiger partial charge is 0.330 e. The Kier molecular flexibility index (Phi) is 7.28. The van der Waals surface area contributed by atoms with Crippen molar-refractivity contribution in [2.45, 2.75) is 77.9 Å². The Morgan fingerprint density at radius 2 is 1.83 bits per heavy atom. The molecule has 1 aliphatic carbocycles. The third-order valence-electron chi connectivity index (χ3n) is 6.22. The number of hydrogen-bond donors (Lipinski definition) is 2. The highest BCUT2D eigenvalue weighted by Crippen LogP contribution is 2.29. The number of nitrogens with one attached hydrogen (secondary N) is 2. The molecular formula is C20H35N5O4S. The van der Waals surface area contributed by atoms with Gasteiger partial charge in [0.05, 0.1) is 17.9 Å². The van der Waals surface area contributed by atoms with Gasteiger partial charge in [0.1, 0.15) is 0 Å². The molecule has 1 aromatic heterocycles. The molecule has 2 N–H and O–H groups in total. The quantitative estimate of drug-likeness (QED) is 0.706. The Labute approximate surface area is 179 Å². The van der Waals surface area contributed by atoms with Gasteiger partial charge in [-0.1, -0.05) is 20.3 Å². The van der Waals surface area contributed by atoms with Crippen molar-refractivity contribution in [3.05, 3.63) is 12.4 Å². The Morgan fingerprint density at radius 3 is 2.40 bits per heavy atom. The van der Waals surface area contributed by atoms with Crippen LogP contribution < -0.4 is 14.3 Å². The number of carbonyl (C=O) groups is 1. The van der Waals surface area contributed by atoms with Crippen LogP contribution >= 0.6 is 0 Å². The zero-order chi connectivity index (χ0) is 21.9. The van der Waals surface area contributed by atoms with Gasteiger partial charge in [0.25, 0.3) is 0 Å². The normalized spacial score (nSPS) is 25.8. The molecule has 2 aliphatic rings. The number of nitrogens with zero attached hydrogens (tertiary/aromatic N) is 3. The van der Waals surface area contributed by atoms with Crippen molar-refractivity contribution in [1.82, 2.24) is 19.8 Å². The molecule has 3 rings (SSSR count). The number of aromatic nitrogens is 2. The number of hydrogen-bond acceptors (Lipinski definition) is 5. The van der Waals surface area contributed by atoms with E-state index in [9.17, 15) is 13.2 Å². The van der Waals surface area contributed by atoms with Gasteiger partial charge in [0.15, 0.2) is 0 Å². The molecule has 2 unspecified atom stereocenters. The van der Waals surface area contributed by atoms with E-state index in [-0.39, 0.29) is 18.1 Å². The number of rotatable bonds is 6. The van der Waals surface area contributed by atoms with E-state index in [4.69, 9.17) is 4.74 Å². The monoisotopic (exact) mass is 441 g/mol. The van der Waals surface area contributed by atoms with Crippen LogP contribution in [-0.4, -0.2) is 49.5 Å². The maximum absolute atomic E-state index is 13.3.